The largest absolute Gasteiger partial charge is 0.469 e. The second-order valence-corrected chi connectivity index (χ2v) is 4.20. The molecule has 0 spiro atoms. The molecule has 88 valence electrons. The Labute approximate surface area is 94.7 Å². The highest BCUT2D eigenvalue weighted by molar-refractivity contribution is 7.99. The van der Waals surface area contributed by atoms with Crippen molar-refractivity contribution in [3.8, 4) is 0 Å². The van der Waals surface area contributed by atoms with Crippen LogP contribution < -0.4 is 0 Å². The molecular formula is C10H18O4S. The first-order chi connectivity index (χ1) is 7.20. The summed E-state index contributed by atoms with van der Waals surface area (Å²) in [4.78, 5) is 21.5. The molecule has 0 aromatic rings. The molecule has 0 fully saturated rings. The van der Waals surface area contributed by atoms with E-state index >= 15 is 0 Å². The number of hydrogen-bond acceptors (Lipinski definition) is 5. The minimum atomic E-state index is -0.162. The van der Waals surface area contributed by atoms with Gasteiger partial charge in [-0.15, -0.1) is 0 Å². The van der Waals surface area contributed by atoms with Crippen molar-refractivity contribution >= 4 is 23.7 Å². The Hall–Kier alpha value is -0.710. The van der Waals surface area contributed by atoms with Crippen LogP contribution in [0.15, 0.2) is 0 Å². The van der Waals surface area contributed by atoms with Gasteiger partial charge >= 0.3 is 11.9 Å². The van der Waals surface area contributed by atoms with Crippen LogP contribution in [0.3, 0.4) is 0 Å². The van der Waals surface area contributed by atoms with E-state index in [0.29, 0.717) is 12.8 Å². The van der Waals surface area contributed by atoms with Crippen molar-refractivity contribution in [2.24, 2.45) is 0 Å². The summed E-state index contributed by atoms with van der Waals surface area (Å²) in [5.74, 6) is 1.53. The third kappa shape index (κ3) is 9.59. The van der Waals surface area contributed by atoms with Gasteiger partial charge in [0.1, 0.15) is 0 Å². The molecule has 0 aromatic carbocycles. The molecule has 0 aliphatic rings. The van der Waals surface area contributed by atoms with Crippen LogP contribution in [0.4, 0.5) is 0 Å². The fourth-order valence-corrected chi connectivity index (χ4v) is 1.84. The quantitative estimate of drug-likeness (QED) is 0.472. The molecule has 4 nitrogen and oxygen atoms in total. The van der Waals surface area contributed by atoms with Crippen LogP contribution in [-0.4, -0.2) is 37.7 Å². The average Bonchev–Trinajstić information content (AvgIpc) is 2.26. The number of rotatable bonds is 8. The number of methoxy groups -OCH3 is 2. The zero-order valence-corrected chi connectivity index (χ0v) is 10.1. The lowest BCUT2D eigenvalue weighted by atomic mass is 10.3. The van der Waals surface area contributed by atoms with Gasteiger partial charge in [-0.2, -0.15) is 11.8 Å². The first-order valence-corrected chi connectivity index (χ1v) is 6.07. The van der Waals surface area contributed by atoms with Gasteiger partial charge in [0, 0.05) is 12.8 Å². The molecule has 0 amide bonds. The van der Waals surface area contributed by atoms with Gasteiger partial charge in [-0.1, -0.05) is 0 Å². The van der Waals surface area contributed by atoms with Crippen molar-refractivity contribution in [1.82, 2.24) is 0 Å². The van der Waals surface area contributed by atoms with Crippen LogP contribution in [0.1, 0.15) is 25.7 Å². The molecule has 15 heavy (non-hydrogen) atoms. The molecule has 0 aromatic heterocycles. The molecule has 0 bridgehead atoms. The van der Waals surface area contributed by atoms with Crippen LogP contribution in [-0.2, 0) is 19.1 Å². The summed E-state index contributed by atoms with van der Waals surface area (Å²) in [6.07, 6.45) is 2.60. The highest BCUT2D eigenvalue weighted by Crippen LogP contribution is 2.08. The predicted octanol–water partition coefficient (Wildman–Crippen LogP) is 1.63. The standard InChI is InChI=1S/C10H18O4S/c1-13-9(11)5-3-7-15-8-4-6-10(12)14-2/h3-8H2,1-2H3. The van der Waals surface area contributed by atoms with Gasteiger partial charge in [0.25, 0.3) is 0 Å². The number of carbonyl (C=O) groups is 2. The van der Waals surface area contributed by atoms with E-state index < -0.39 is 0 Å². The molecule has 0 N–H and O–H groups in total. The third-order valence-electron chi connectivity index (χ3n) is 1.79. The van der Waals surface area contributed by atoms with Crippen molar-refractivity contribution in [2.75, 3.05) is 25.7 Å². The summed E-state index contributed by atoms with van der Waals surface area (Å²) in [5.41, 5.74) is 0. The molecule has 0 aliphatic carbocycles. The molecule has 0 saturated carbocycles. The number of hydrogen-bond donors (Lipinski definition) is 0. The highest BCUT2D eigenvalue weighted by Gasteiger charge is 2.01. The second-order valence-electron chi connectivity index (χ2n) is 2.97. The molecule has 0 atom stereocenters. The maximum Gasteiger partial charge on any atom is 0.305 e. The molecule has 5 heteroatoms. The first-order valence-electron chi connectivity index (χ1n) is 4.92. The Morgan fingerprint density at radius 3 is 1.67 bits per heavy atom. The van der Waals surface area contributed by atoms with Crippen LogP contribution in [0.5, 0.6) is 0 Å². The summed E-state index contributed by atoms with van der Waals surface area (Å²) in [5, 5.41) is 0. The fourth-order valence-electron chi connectivity index (χ4n) is 0.943. The van der Waals surface area contributed by atoms with Gasteiger partial charge in [0.15, 0.2) is 0 Å². The molecule has 0 rings (SSSR count). The van der Waals surface area contributed by atoms with E-state index in [0.717, 1.165) is 24.3 Å². The monoisotopic (exact) mass is 234 g/mol. The SMILES string of the molecule is COC(=O)CCCSCCCC(=O)OC. The van der Waals surface area contributed by atoms with Crippen LogP contribution >= 0.6 is 11.8 Å². The van der Waals surface area contributed by atoms with E-state index in [-0.39, 0.29) is 11.9 Å². The number of ether oxygens (including phenoxy) is 2. The fraction of sp³-hybridized carbons (Fsp3) is 0.800. The average molecular weight is 234 g/mol. The summed E-state index contributed by atoms with van der Waals surface area (Å²) < 4.78 is 9.03. The van der Waals surface area contributed by atoms with Gasteiger partial charge in [-0.3, -0.25) is 9.59 Å². The lowest BCUT2D eigenvalue weighted by Crippen LogP contribution is -2.01. The molecular weight excluding hydrogens is 216 g/mol. The third-order valence-corrected chi connectivity index (χ3v) is 2.95. The second kappa shape index (κ2) is 9.83. The highest BCUT2D eigenvalue weighted by atomic mass is 32.2. The van der Waals surface area contributed by atoms with Crippen LogP contribution in [0.25, 0.3) is 0 Å². The van der Waals surface area contributed by atoms with Gasteiger partial charge in [0.2, 0.25) is 0 Å². The van der Waals surface area contributed by atoms with E-state index in [9.17, 15) is 9.59 Å². The van der Waals surface area contributed by atoms with Crippen molar-refractivity contribution in [2.45, 2.75) is 25.7 Å². The van der Waals surface area contributed by atoms with Gasteiger partial charge in [-0.05, 0) is 24.3 Å². The van der Waals surface area contributed by atoms with E-state index in [1.54, 1.807) is 11.8 Å². The summed E-state index contributed by atoms with van der Waals surface area (Å²) in [6.45, 7) is 0. The zero-order chi connectivity index (χ0) is 11.5. The first kappa shape index (κ1) is 14.3. The minimum absolute atomic E-state index is 0.162. The van der Waals surface area contributed by atoms with Gasteiger partial charge < -0.3 is 9.47 Å². The topological polar surface area (TPSA) is 52.6 Å². The van der Waals surface area contributed by atoms with Crippen LogP contribution in [0.2, 0.25) is 0 Å². The number of esters is 2. The zero-order valence-electron chi connectivity index (χ0n) is 9.28. The molecule has 0 aliphatic heterocycles. The van der Waals surface area contributed by atoms with E-state index in [4.69, 9.17) is 0 Å². The van der Waals surface area contributed by atoms with Crippen molar-refractivity contribution in [3.05, 3.63) is 0 Å². The summed E-state index contributed by atoms with van der Waals surface area (Å²) >= 11 is 1.74. The number of carbonyl (C=O) groups excluding carboxylic acids is 2. The minimum Gasteiger partial charge on any atom is -0.469 e. The van der Waals surface area contributed by atoms with E-state index in [2.05, 4.69) is 9.47 Å². The normalized spacial score (nSPS) is 9.73. The van der Waals surface area contributed by atoms with Crippen molar-refractivity contribution < 1.29 is 19.1 Å². The van der Waals surface area contributed by atoms with Crippen molar-refractivity contribution in [1.29, 1.82) is 0 Å². The maximum absolute atomic E-state index is 10.7. The Kier molecular flexibility index (Phi) is 9.36. The van der Waals surface area contributed by atoms with Crippen LogP contribution in [0, 0.1) is 0 Å². The molecule has 0 unspecified atom stereocenters. The van der Waals surface area contributed by atoms with E-state index in [1.165, 1.54) is 14.2 Å². The Morgan fingerprint density at radius 1 is 0.933 bits per heavy atom. The Balaban J connectivity index is 3.11. The summed E-state index contributed by atoms with van der Waals surface area (Å²) in [7, 11) is 2.79. The van der Waals surface area contributed by atoms with Gasteiger partial charge in [-0.25, -0.2) is 0 Å². The number of thioether (sulfide) groups is 1. The Bertz CT molecular complexity index is 174. The Morgan fingerprint density at radius 2 is 1.33 bits per heavy atom. The van der Waals surface area contributed by atoms with Gasteiger partial charge in [0.05, 0.1) is 14.2 Å². The molecule has 0 radical (unpaired) electrons. The lowest BCUT2D eigenvalue weighted by Gasteiger charge is -2.01. The van der Waals surface area contributed by atoms with E-state index in [1.807, 2.05) is 0 Å². The smallest absolute Gasteiger partial charge is 0.305 e. The predicted molar refractivity (Wildman–Crippen MR) is 59.8 cm³/mol. The molecule has 0 saturated heterocycles. The molecule has 0 heterocycles. The summed E-state index contributed by atoms with van der Waals surface area (Å²) in [6, 6.07) is 0. The maximum atomic E-state index is 10.7. The lowest BCUT2D eigenvalue weighted by molar-refractivity contribution is -0.141. The van der Waals surface area contributed by atoms with Crippen molar-refractivity contribution in [3.63, 3.8) is 0 Å².